The van der Waals surface area contributed by atoms with Gasteiger partial charge in [-0.05, 0) is 31.1 Å². The number of nitrogens with zero attached hydrogens (tertiary/aromatic N) is 3. The summed E-state index contributed by atoms with van der Waals surface area (Å²) in [5.74, 6) is 2.14. The van der Waals surface area contributed by atoms with Crippen molar-refractivity contribution >= 4 is 5.84 Å². The first-order valence-electron chi connectivity index (χ1n) is 6.14. The van der Waals surface area contributed by atoms with Gasteiger partial charge in [0.1, 0.15) is 0 Å². The zero-order valence-electron chi connectivity index (χ0n) is 10.4. The fourth-order valence-electron chi connectivity index (χ4n) is 2.62. The summed E-state index contributed by atoms with van der Waals surface area (Å²) in [6.07, 6.45) is 7.10. The Bertz CT molecular complexity index is 412. The van der Waals surface area contributed by atoms with E-state index < -0.39 is 0 Å². The molecule has 3 atom stereocenters. The van der Waals surface area contributed by atoms with Gasteiger partial charge in [0.2, 0.25) is 5.84 Å². The Morgan fingerprint density at radius 3 is 2.88 bits per heavy atom. The zero-order chi connectivity index (χ0) is 12.4. The van der Waals surface area contributed by atoms with E-state index in [1.807, 2.05) is 10.8 Å². The van der Waals surface area contributed by atoms with Crippen molar-refractivity contribution in [3.63, 3.8) is 0 Å². The van der Waals surface area contributed by atoms with Crippen LogP contribution in [0.5, 0.6) is 0 Å². The zero-order valence-corrected chi connectivity index (χ0v) is 10.4. The van der Waals surface area contributed by atoms with Crippen LogP contribution in [-0.2, 0) is 0 Å². The highest BCUT2D eigenvalue weighted by Crippen LogP contribution is 2.36. The van der Waals surface area contributed by atoms with Crippen LogP contribution in [0.25, 0.3) is 0 Å². The van der Waals surface area contributed by atoms with Crippen LogP contribution in [0.1, 0.15) is 45.0 Å². The summed E-state index contributed by atoms with van der Waals surface area (Å²) in [6.45, 7) is 4.59. The van der Waals surface area contributed by atoms with E-state index in [2.05, 4.69) is 24.0 Å². The van der Waals surface area contributed by atoms with E-state index in [0.717, 1.165) is 18.8 Å². The molecule has 94 valence electrons. The standard InChI is InChI=1S/C12H20N4O/c1-8-3-4-10(7-9(8)2)16-6-5-14-12(16)11(13)15-17/h5-6,8-10,17H,3-4,7H2,1-2H3,(H2,13,15). The highest BCUT2D eigenvalue weighted by atomic mass is 16.4. The Labute approximate surface area is 101 Å². The van der Waals surface area contributed by atoms with Gasteiger partial charge in [-0.25, -0.2) is 4.98 Å². The Morgan fingerprint density at radius 1 is 1.47 bits per heavy atom. The molecule has 3 unspecified atom stereocenters. The fraction of sp³-hybridized carbons (Fsp3) is 0.667. The van der Waals surface area contributed by atoms with Crippen molar-refractivity contribution in [3.05, 3.63) is 18.2 Å². The van der Waals surface area contributed by atoms with Gasteiger partial charge in [0, 0.05) is 18.4 Å². The third-order valence-corrected chi connectivity index (χ3v) is 3.97. The molecule has 0 aromatic carbocycles. The lowest BCUT2D eigenvalue weighted by atomic mass is 9.79. The highest BCUT2D eigenvalue weighted by molar-refractivity contribution is 5.93. The molecule has 1 aliphatic carbocycles. The number of imidazole rings is 1. The quantitative estimate of drug-likeness (QED) is 0.357. The molecule has 2 rings (SSSR count). The highest BCUT2D eigenvalue weighted by Gasteiger charge is 2.27. The number of hydrogen-bond donors (Lipinski definition) is 2. The van der Waals surface area contributed by atoms with Crippen LogP contribution in [0, 0.1) is 11.8 Å². The topological polar surface area (TPSA) is 76.4 Å². The molecule has 0 bridgehead atoms. The molecule has 5 nitrogen and oxygen atoms in total. The van der Waals surface area contributed by atoms with Crippen LogP contribution >= 0.6 is 0 Å². The van der Waals surface area contributed by atoms with Crippen molar-refractivity contribution in [1.82, 2.24) is 9.55 Å². The van der Waals surface area contributed by atoms with E-state index in [4.69, 9.17) is 10.9 Å². The molecule has 1 heterocycles. The molecular weight excluding hydrogens is 216 g/mol. The van der Waals surface area contributed by atoms with E-state index >= 15 is 0 Å². The van der Waals surface area contributed by atoms with Gasteiger partial charge in [0.15, 0.2) is 5.82 Å². The molecule has 0 saturated heterocycles. The number of hydrogen-bond acceptors (Lipinski definition) is 3. The first kappa shape index (κ1) is 12.0. The second kappa shape index (κ2) is 4.77. The van der Waals surface area contributed by atoms with E-state index in [-0.39, 0.29) is 5.84 Å². The van der Waals surface area contributed by atoms with Gasteiger partial charge < -0.3 is 15.5 Å². The van der Waals surface area contributed by atoms with Gasteiger partial charge in [-0.3, -0.25) is 0 Å². The largest absolute Gasteiger partial charge is 0.409 e. The van der Waals surface area contributed by atoms with E-state index in [1.165, 1.54) is 6.42 Å². The van der Waals surface area contributed by atoms with Crippen LogP contribution in [-0.4, -0.2) is 20.6 Å². The van der Waals surface area contributed by atoms with E-state index in [1.54, 1.807) is 6.20 Å². The monoisotopic (exact) mass is 236 g/mol. The van der Waals surface area contributed by atoms with Gasteiger partial charge in [-0.15, -0.1) is 0 Å². The predicted molar refractivity (Wildman–Crippen MR) is 66.0 cm³/mol. The summed E-state index contributed by atoms with van der Waals surface area (Å²) >= 11 is 0. The molecular formula is C12H20N4O. The van der Waals surface area contributed by atoms with Crippen molar-refractivity contribution in [3.8, 4) is 0 Å². The fourth-order valence-corrected chi connectivity index (χ4v) is 2.62. The molecule has 1 saturated carbocycles. The number of rotatable bonds is 2. The summed E-state index contributed by atoms with van der Waals surface area (Å²) in [6, 6.07) is 0.416. The van der Waals surface area contributed by atoms with Gasteiger partial charge >= 0.3 is 0 Å². The summed E-state index contributed by atoms with van der Waals surface area (Å²) in [4.78, 5) is 4.15. The Morgan fingerprint density at radius 2 is 2.24 bits per heavy atom. The number of amidine groups is 1. The second-order valence-electron chi connectivity index (χ2n) is 5.06. The average molecular weight is 236 g/mol. The summed E-state index contributed by atoms with van der Waals surface area (Å²) in [5, 5.41) is 11.8. The maximum absolute atomic E-state index is 8.73. The smallest absolute Gasteiger partial charge is 0.206 e. The minimum atomic E-state index is 0.0845. The Hall–Kier alpha value is -1.52. The maximum Gasteiger partial charge on any atom is 0.206 e. The number of nitrogens with two attached hydrogens (primary N) is 1. The van der Waals surface area contributed by atoms with Crippen molar-refractivity contribution < 1.29 is 5.21 Å². The summed E-state index contributed by atoms with van der Waals surface area (Å²) in [5.41, 5.74) is 5.62. The molecule has 1 aromatic heterocycles. The molecule has 1 aliphatic rings. The average Bonchev–Trinajstić information content (AvgIpc) is 2.80. The predicted octanol–water partition coefficient (Wildman–Crippen LogP) is 1.97. The van der Waals surface area contributed by atoms with Crippen LogP contribution in [0.2, 0.25) is 0 Å². The van der Waals surface area contributed by atoms with E-state index in [0.29, 0.717) is 17.8 Å². The van der Waals surface area contributed by atoms with E-state index in [9.17, 15) is 0 Å². The lowest BCUT2D eigenvalue weighted by Crippen LogP contribution is -2.27. The first-order chi connectivity index (χ1) is 8.13. The Balaban J connectivity index is 2.21. The van der Waals surface area contributed by atoms with Crippen molar-refractivity contribution in [2.24, 2.45) is 22.7 Å². The maximum atomic E-state index is 8.73. The minimum Gasteiger partial charge on any atom is -0.409 e. The molecule has 0 amide bonds. The second-order valence-corrected chi connectivity index (χ2v) is 5.06. The van der Waals surface area contributed by atoms with Crippen LogP contribution in [0.15, 0.2) is 17.5 Å². The molecule has 1 fully saturated rings. The molecule has 1 aromatic rings. The number of oxime groups is 1. The van der Waals surface area contributed by atoms with Crippen molar-refractivity contribution in [2.75, 3.05) is 0 Å². The summed E-state index contributed by atoms with van der Waals surface area (Å²) in [7, 11) is 0. The number of aromatic nitrogens is 2. The normalized spacial score (nSPS) is 30.5. The molecule has 17 heavy (non-hydrogen) atoms. The van der Waals surface area contributed by atoms with Crippen molar-refractivity contribution in [2.45, 2.75) is 39.2 Å². The Kier molecular flexibility index (Phi) is 3.36. The molecule has 3 N–H and O–H groups in total. The first-order valence-corrected chi connectivity index (χ1v) is 6.14. The van der Waals surface area contributed by atoms with Gasteiger partial charge in [0.25, 0.3) is 0 Å². The van der Waals surface area contributed by atoms with Crippen LogP contribution in [0.3, 0.4) is 0 Å². The van der Waals surface area contributed by atoms with Gasteiger partial charge in [0.05, 0.1) is 0 Å². The van der Waals surface area contributed by atoms with Crippen LogP contribution < -0.4 is 5.73 Å². The lowest BCUT2D eigenvalue weighted by molar-refractivity contribution is 0.210. The third kappa shape index (κ3) is 2.28. The molecule has 0 radical (unpaired) electrons. The molecule has 0 aliphatic heterocycles. The molecule has 5 heteroatoms. The molecule has 0 spiro atoms. The van der Waals surface area contributed by atoms with Gasteiger partial charge in [-0.2, -0.15) is 0 Å². The SMILES string of the molecule is CC1CCC(n2ccnc2C(N)=NO)CC1C. The minimum absolute atomic E-state index is 0.0845. The van der Waals surface area contributed by atoms with Crippen LogP contribution in [0.4, 0.5) is 0 Å². The van der Waals surface area contributed by atoms with Crippen molar-refractivity contribution in [1.29, 1.82) is 0 Å². The summed E-state index contributed by atoms with van der Waals surface area (Å²) < 4.78 is 2.04. The lowest BCUT2D eigenvalue weighted by Gasteiger charge is -2.33. The third-order valence-electron chi connectivity index (χ3n) is 3.97. The van der Waals surface area contributed by atoms with Gasteiger partial charge in [-0.1, -0.05) is 19.0 Å².